The largest absolute Gasteiger partial charge is 0.467 e. The van der Waals surface area contributed by atoms with Crippen LogP contribution in [0.1, 0.15) is 42.2 Å². The van der Waals surface area contributed by atoms with Gasteiger partial charge in [-0.1, -0.05) is 31.5 Å². The number of fused-ring (bicyclic) bond motifs is 3. The number of ether oxygens (including phenoxy) is 1. The summed E-state index contributed by atoms with van der Waals surface area (Å²) in [4.78, 5) is 23.5. The number of para-hydroxylation sites is 1. The van der Waals surface area contributed by atoms with Gasteiger partial charge in [0, 0.05) is 10.6 Å². The van der Waals surface area contributed by atoms with Crippen molar-refractivity contribution < 1.29 is 9.53 Å². The number of hydrogen-bond acceptors (Lipinski definition) is 5. The molecule has 1 aliphatic carbocycles. The van der Waals surface area contributed by atoms with E-state index in [2.05, 4.69) is 22.2 Å². The van der Waals surface area contributed by atoms with Crippen LogP contribution in [-0.2, 0) is 24.1 Å². The predicted octanol–water partition coefficient (Wildman–Crippen LogP) is 4.54. The summed E-state index contributed by atoms with van der Waals surface area (Å²) >= 11 is 1.74. The van der Waals surface area contributed by atoms with Crippen LogP contribution in [0.15, 0.2) is 30.6 Å². The quantitative estimate of drug-likeness (QED) is 0.659. The molecule has 0 atom stereocenters. The smallest absolute Gasteiger partial charge is 0.262 e. The van der Waals surface area contributed by atoms with E-state index in [1.165, 1.54) is 36.0 Å². The SMILES string of the molecule is CCc1ccccc1NC(=O)COc1ncnc2sc3c(c12)CCCCC3. The highest BCUT2D eigenvalue weighted by molar-refractivity contribution is 7.18. The molecular weight excluding hydrogens is 358 g/mol. The van der Waals surface area contributed by atoms with E-state index in [9.17, 15) is 4.79 Å². The van der Waals surface area contributed by atoms with E-state index >= 15 is 0 Å². The normalized spacial score (nSPS) is 13.8. The van der Waals surface area contributed by atoms with Crippen LogP contribution in [0.3, 0.4) is 0 Å². The van der Waals surface area contributed by atoms with Crippen LogP contribution in [0.2, 0.25) is 0 Å². The summed E-state index contributed by atoms with van der Waals surface area (Å²) in [7, 11) is 0. The van der Waals surface area contributed by atoms with Gasteiger partial charge in [0.05, 0.1) is 5.39 Å². The van der Waals surface area contributed by atoms with E-state index < -0.39 is 0 Å². The summed E-state index contributed by atoms with van der Waals surface area (Å²) < 4.78 is 5.84. The van der Waals surface area contributed by atoms with Gasteiger partial charge in [0.1, 0.15) is 11.2 Å². The Labute approximate surface area is 162 Å². The van der Waals surface area contributed by atoms with Crippen molar-refractivity contribution in [1.82, 2.24) is 9.97 Å². The fourth-order valence-electron chi connectivity index (χ4n) is 3.62. The molecule has 0 fully saturated rings. The Bertz CT molecular complexity index is 967. The van der Waals surface area contributed by atoms with Gasteiger partial charge in [0.2, 0.25) is 5.88 Å². The molecule has 3 aromatic rings. The number of aromatic nitrogens is 2. The number of aryl methyl sites for hydroxylation is 3. The highest BCUT2D eigenvalue weighted by Crippen LogP contribution is 2.38. The fraction of sp³-hybridized carbons (Fsp3) is 0.381. The topological polar surface area (TPSA) is 64.1 Å². The van der Waals surface area contributed by atoms with Gasteiger partial charge in [-0.3, -0.25) is 4.79 Å². The first-order valence-electron chi connectivity index (χ1n) is 9.52. The van der Waals surface area contributed by atoms with Gasteiger partial charge in [-0.05, 0) is 49.3 Å². The Morgan fingerprint density at radius 2 is 2.04 bits per heavy atom. The first-order valence-corrected chi connectivity index (χ1v) is 10.3. The average Bonchev–Trinajstić information content (AvgIpc) is 2.89. The van der Waals surface area contributed by atoms with E-state index in [1.54, 1.807) is 11.3 Å². The Morgan fingerprint density at radius 3 is 2.93 bits per heavy atom. The number of anilines is 1. The van der Waals surface area contributed by atoms with Crippen molar-refractivity contribution in [3.05, 3.63) is 46.6 Å². The van der Waals surface area contributed by atoms with Gasteiger partial charge in [-0.25, -0.2) is 9.97 Å². The van der Waals surface area contributed by atoms with Gasteiger partial charge >= 0.3 is 0 Å². The predicted molar refractivity (Wildman–Crippen MR) is 109 cm³/mol. The number of carbonyl (C=O) groups is 1. The molecule has 2 aromatic heterocycles. The molecule has 1 N–H and O–H groups in total. The number of hydrogen-bond donors (Lipinski definition) is 1. The monoisotopic (exact) mass is 381 g/mol. The standard InChI is InChI=1S/C21H23N3O2S/c1-2-14-8-6-7-10-16(14)24-18(25)12-26-20-19-15-9-4-3-5-11-17(15)27-21(19)23-13-22-20/h6-8,10,13H,2-5,9,11-12H2,1H3,(H,24,25). The molecule has 0 aliphatic heterocycles. The second kappa shape index (κ2) is 8.05. The molecule has 0 unspecified atom stereocenters. The molecule has 1 aliphatic rings. The molecule has 27 heavy (non-hydrogen) atoms. The average molecular weight is 382 g/mol. The maximum atomic E-state index is 12.4. The van der Waals surface area contributed by atoms with Gasteiger partial charge in [-0.15, -0.1) is 11.3 Å². The lowest BCUT2D eigenvalue weighted by Gasteiger charge is -2.11. The molecule has 5 nitrogen and oxygen atoms in total. The molecular formula is C21H23N3O2S. The third-order valence-corrected chi connectivity index (χ3v) is 6.18. The molecule has 0 saturated heterocycles. The van der Waals surface area contributed by atoms with E-state index in [-0.39, 0.29) is 12.5 Å². The van der Waals surface area contributed by atoms with Crippen molar-refractivity contribution in [3.8, 4) is 5.88 Å². The number of nitrogens with zero attached hydrogens (tertiary/aromatic N) is 2. The van der Waals surface area contributed by atoms with E-state index in [1.807, 2.05) is 24.3 Å². The minimum atomic E-state index is -0.177. The van der Waals surface area contributed by atoms with Crippen molar-refractivity contribution in [2.45, 2.75) is 45.4 Å². The summed E-state index contributed by atoms with van der Waals surface area (Å²) in [6, 6.07) is 7.83. The highest BCUT2D eigenvalue weighted by atomic mass is 32.1. The second-order valence-electron chi connectivity index (χ2n) is 6.77. The zero-order valence-electron chi connectivity index (χ0n) is 15.5. The zero-order valence-corrected chi connectivity index (χ0v) is 16.3. The van der Waals surface area contributed by atoms with E-state index in [0.717, 1.165) is 40.7 Å². The van der Waals surface area contributed by atoms with Crippen LogP contribution in [0.4, 0.5) is 5.69 Å². The summed E-state index contributed by atoms with van der Waals surface area (Å²) in [5.41, 5.74) is 3.27. The van der Waals surface area contributed by atoms with Crippen LogP contribution in [-0.4, -0.2) is 22.5 Å². The van der Waals surface area contributed by atoms with Crippen LogP contribution < -0.4 is 10.1 Å². The number of carbonyl (C=O) groups excluding carboxylic acids is 1. The summed E-state index contributed by atoms with van der Waals surface area (Å²) in [6.07, 6.45) is 8.19. The van der Waals surface area contributed by atoms with Crippen molar-refractivity contribution in [3.63, 3.8) is 0 Å². The molecule has 2 heterocycles. The molecule has 1 aromatic carbocycles. The second-order valence-corrected chi connectivity index (χ2v) is 7.85. The Morgan fingerprint density at radius 1 is 1.19 bits per heavy atom. The first kappa shape index (κ1) is 17.9. The van der Waals surface area contributed by atoms with E-state index in [0.29, 0.717) is 5.88 Å². The number of amides is 1. The molecule has 0 radical (unpaired) electrons. The lowest BCUT2D eigenvalue weighted by molar-refractivity contribution is -0.118. The van der Waals surface area contributed by atoms with E-state index in [4.69, 9.17) is 4.74 Å². The number of nitrogens with one attached hydrogen (secondary N) is 1. The molecule has 6 heteroatoms. The minimum absolute atomic E-state index is 0.0607. The van der Waals surface area contributed by atoms with Crippen LogP contribution >= 0.6 is 11.3 Å². The van der Waals surface area contributed by atoms with Crippen molar-refractivity contribution in [2.24, 2.45) is 0 Å². The maximum Gasteiger partial charge on any atom is 0.262 e. The van der Waals surface area contributed by atoms with Crippen LogP contribution in [0.25, 0.3) is 10.2 Å². The number of rotatable bonds is 5. The highest BCUT2D eigenvalue weighted by Gasteiger charge is 2.20. The molecule has 0 spiro atoms. The molecule has 4 rings (SSSR count). The summed E-state index contributed by atoms with van der Waals surface area (Å²) in [5, 5.41) is 3.94. The Balaban J connectivity index is 1.52. The maximum absolute atomic E-state index is 12.4. The van der Waals surface area contributed by atoms with Crippen LogP contribution in [0.5, 0.6) is 5.88 Å². The van der Waals surface area contributed by atoms with Gasteiger partial charge < -0.3 is 10.1 Å². The zero-order chi connectivity index (χ0) is 18.6. The van der Waals surface area contributed by atoms with Gasteiger partial charge in [0.15, 0.2) is 6.61 Å². The summed E-state index contributed by atoms with van der Waals surface area (Å²) in [5.74, 6) is 0.349. The first-order chi connectivity index (χ1) is 13.3. The van der Waals surface area contributed by atoms with Crippen molar-refractivity contribution in [1.29, 1.82) is 0 Å². The third-order valence-electron chi connectivity index (χ3n) is 4.98. The van der Waals surface area contributed by atoms with Crippen molar-refractivity contribution >= 4 is 33.1 Å². The number of thiophene rings is 1. The lowest BCUT2D eigenvalue weighted by Crippen LogP contribution is -2.21. The third kappa shape index (κ3) is 3.81. The molecule has 140 valence electrons. The lowest BCUT2D eigenvalue weighted by atomic mass is 10.1. The van der Waals surface area contributed by atoms with Gasteiger partial charge in [-0.2, -0.15) is 0 Å². The minimum Gasteiger partial charge on any atom is -0.467 e. The summed E-state index contributed by atoms with van der Waals surface area (Å²) in [6.45, 7) is 2.01. The van der Waals surface area contributed by atoms with Crippen molar-refractivity contribution in [2.75, 3.05) is 11.9 Å². The number of benzene rings is 1. The van der Waals surface area contributed by atoms with Gasteiger partial charge in [0.25, 0.3) is 5.91 Å². The fourth-order valence-corrected chi connectivity index (χ4v) is 4.84. The molecule has 0 bridgehead atoms. The molecule has 1 amide bonds. The Hall–Kier alpha value is -2.47. The molecule has 0 saturated carbocycles. The Kier molecular flexibility index (Phi) is 5.34. The van der Waals surface area contributed by atoms with Crippen LogP contribution in [0, 0.1) is 0 Å².